The standard InChI is InChI=1S/C3H11NO13P4/c5-1-4(2(18(6,7)8)19(9,10)11)3(20(12,13)14)21(15,16)17/h1-3H,(H2,6,7,8)(H2,9,10,11)(H2,12,13,14)(H2,15,16,17). The maximum Gasteiger partial charge on any atom is 0.360 e. The Labute approximate surface area is 116 Å². The molecule has 18 heteroatoms. The van der Waals surface area contributed by atoms with Gasteiger partial charge in [-0.25, -0.2) is 0 Å². The Morgan fingerprint density at radius 3 is 0.905 bits per heavy atom. The molecular formula is C3H11NO13P4. The Morgan fingerprint density at radius 2 is 0.810 bits per heavy atom. The fraction of sp³-hybridized carbons (Fsp3) is 0.667. The zero-order chi connectivity index (χ0) is 17.4. The van der Waals surface area contributed by atoms with Gasteiger partial charge in [0.25, 0.3) is 0 Å². The van der Waals surface area contributed by atoms with Crippen molar-refractivity contribution in [1.29, 1.82) is 0 Å². The van der Waals surface area contributed by atoms with Crippen molar-refractivity contribution in [2.24, 2.45) is 0 Å². The van der Waals surface area contributed by atoms with E-state index in [0.717, 1.165) is 0 Å². The molecule has 0 aliphatic heterocycles. The summed E-state index contributed by atoms with van der Waals surface area (Å²) in [5.41, 5.74) is -6.93. The Bertz CT molecular complexity index is 482. The molecule has 0 spiro atoms. The van der Waals surface area contributed by atoms with Crippen molar-refractivity contribution >= 4 is 36.8 Å². The van der Waals surface area contributed by atoms with Gasteiger partial charge in [0, 0.05) is 0 Å². The first-order valence-corrected chi connectivity index (χ1v) is 11.1. The van der Waals surface area contributed by atoms with E-state index in [2.05, 4.69) is 0 Å². The van der Waals surface area contributed by atoms with E-state index in [-0.39, 0.29) is 0 Å². The van der Waals surface area contributed by atoms with Crippen LogP contribution in [0.25, 0.3) is 0 Å². The third kappa shape index (κ3) is 5.65. The summed E-state index contributed by atoms with van der Waals surface area (Å²) in [6, 6.07) is 0. The summed E-state index contributed by atoms with van der Waals surface area (Å²) in [6.45, 7) is 0. The molecule has 14 nitrogen and oxygen atoms in total. The topological polar surface area (TPSA) is 250 Å². The van der Waals surface area contributed by atoms with Crippen LogP contribution in [0, 0.1) is 0 Å². The number of carbonyl (C=O) groups excluding carboxylic acids is 1. The highest BCUT2D eigenvalue weighted by Crippen LogP contribution is 2.68. The van der Waals surface area contributed by atoms with E-state index in [1.54, 1.807) is 0 Å². The minimum Gasteiger partial charge on any atom is -0.323 e. The number of hydrogen-bond acceptors (Lipinski definition) is 5. The Balaban J connectivity index is 6.37. The average molecular weight is 393 g/mol. The van der Waals surface area contributed by atoms with Crippen LogP contribution in [0.15, 0.2) is 0 Å². The fourth-order valence-electron chi connectivity index (χ4n) is 1.31. The lowest BCUT2D eigenvalue weighted by molar-refractivity contribution is -0.118. The van der Waals surface area contributed by atoms with Gasteiger partial charge < -0.3 is 39.1 Å². The predicted molar refractivity (Wildman–Crippen MR) is 63.7 cm³/mol. The van der Waals surface area contributed by atoms with Crippen LogP contribution in [-0.4, -0.2) is 61.5 Å². The minimum atomic E-state index is -5.92. The molecular weight excluding hydrogens is 382 g/mol. The number of amides is 1. The molecule has 0 rings (SSSR count). The second-order valence-electron chi connectivity index (χ2n) is 3.60. The zero-order valence-electron chi connectivity index (χ0n) is 9.59. The molecule has 0 atom stereocenters. The third-order valence-electron chi connectivity index (χ3n) is 1.86. The molecule has 0 aromatic rings. The molecule has 0 aliphatic carbocycles. The van der Waals surface area contributed by atoms with Gasteiger partial charge in [-0.15, -0.1) is 0 Å². The van der Waals surface area contributed by atoms with Crippen LogP contribution in [0.4, 0.5) is 0 Å². The Hall–Kier alpha value is 0.0700. The third-order valence-corrected chi connectivity index (χ3v) is 8.94. The first-order chi connectivity index (χ1) is 8.94. The van der Waals surface area contributed by atoms with Crippen LogP contribution in [0.2, 0.25) is 0 Å². The second-order valence-corrected chi connectivity index (χ2v) is 11.1. The molecule has 0 radical (unpaired) electrons. The summed E-state index contributed by atoms with van der Waals surface area (Å²) in [7, 11) is -23.7. The van der Waals surface area contributed by atoms with Gasteiger partial charge in [0.05, 0.1) is 0 Å². The average Bonchev–Trinajstić information content (AvgIpc) is 2.06. The molecule has 0 saturated carbocycles. The molecule has 21 heavy (non-hydrogen) atoms. The number of hydrogen-bond donors (Lipinski definition) is 8. The van der Waals surface area contributed by atoms with Crippen LogP contribution in [0.1, 0.15) is 0 Å². The quantitative estimate of drug-likeness (QED) is 0.168. The van der Waals surface area contributed by atoms with E-state index in [1.165, 1.54) is 0 Å². The van der Waals surface area contributed by atoms with E-state index in [1.807, 2.05) is 0 Å². The molecule has 0 unspecified atom stereocenters. The van der Waals surface area contributed by atoms with Crippen molar-refractivity contribution in [3.8, 4) is 0 Å². The first-order valence-electron chi connectivity index (χ1n) is 4.37. The van der Waals surface area contributed by atoms with Crippen LogP contribution in [0.5, 0.6) is 0 Å². The molecule has 0 aliphatic rings. The highest BCUT2D eigenvalue weighted by molar-refractivity contribution is 7.72. The van der Waals surface area contributed by atoms with Crippen molar-refractivity contribution in [1.82, 2.24) is 4.90 Å². The summed E-state index contributed by atoms with van der Waals surface area (Å²) in [5, 5.41) is 0. The number of nitrogens with zero attached hydrogens (tertiary/aromatic N) is 1. The van der Waals surface area contributed by atoms with E-state index in [9.17, 15) is 23.1 Å². The van der Waals surface area contributed by atoms with Crippen molar-refractivity contribution < 1.29 is 62.2 Å². The van der Waals surface area contributed by atoms with Gasteiger partial charge in [0.2, 0.25) is 17.5 Å². The highest BCUT2D eigenvalue weighted by Gasteiger charge is 2.58. The van der Waals surface area contributed by atoms with Crippen molar-refractivity contribution in [2.45, 2.75) is 11.0 Å². The molecule has 0 aromatic carbocycles. The highest BCUT2D eigenvalue weighted by atomic mass is 31.2. The van der Waals surface area contributed by atoms with E-state index in [0.29, 0.717) is 0 Å². The maximum atomic E-state index is 11.0. The van der Waals surface area contributed by atoms with Gasteiger partial charge in [-0.05, 0) is 0 Å². The molecule has 0 saturated heterocycles. The monoisotopic (exact) mass is 393 g/mol. The van der Waals surface area contributed by atoms with Crippen molar-refractivity contribution in [3.05, 3.63) is 0 Å². The number of carbonyl (C=O) groups is 1. The van der Waals surface area contributed by atoms with Crippen LogP contribution in [-0.2, 0) is 23.1 Å². The summed E-state index contributed by atoms with van der Waals surface area (Å²) in [4.78, 5) is 80.2. The second kappa shape index (κ2) is 6.29. The molecule has 8 N–H and O–H groups in total. The molecule has 126 valence electrons. The van der Waals surface area contributed by atoms with E-state index in [4.69, 9.17) is 39.1 Å². The van der Waals surface area contributed by atoms with Crippen LogP contribution >= 0.6 is 30.4 Å². The lowest BCUT2D eigenvalue weighted by Crippen LogP contribution is -2.41. The number of rotatable bonds is 7. The van der Waals surface area contributed by atoms with Gasteiger partial charge >= 0.3 is 30.4 Å². The van der Waals surface area contributed by atoms with Gasteiger partial charge in [-0.1, -0.05) is 0 Å². The summed E-state index contributed by atoms with van der Waals surface area (Å²) >= 11 is 0. The first kappa shape index (κ1) is 21.1. The van der Waals surface area contributed by atoms with Crippen molar-refractivity contribution in [3.63, 3.8) is 0 Å². The van der Waals surface area contributed by atoms with Crippen LogP contribution in [0.3, 0.4) is 0 Å². The zero-order valence-corrected chi connectivity index (χ0v) is 13.2. The normalized spacial score (nSPS) is 14.6. The molecule has 1 amide bonds. The Morgan fingerprint density at radius 1 is 0.619 bits per heavy atom. The molecule has 0 heterocycles. The van der Waals surface area contributed by atoms with Crippen LogP contribution < -0.4 is 0 Å². The lowest BCUT2D eigenvalue weighted by Gasteiger charge is -2.35. The fourth-order valence-corrected chi connectivity index (χ4v) is 7.01. The van der Waals surface area contributed by atoms with E-state index < -0.39 is 52.7 Å². The molecule has 0 fully saturated rings. The minimum absolute atomic E-state index is 0.883. The largest absolute Gasteiger partial charge is 0.360 e. The SMILES string of the molecule is O=CN(C(P(=O)(O)O)P(=O)(O)O)C(P(=O)(O)O)P(=O)(O)O. The molecule has 0 bridgehead atoms. The van der Waals surface area contributed by atoms with Gasteiger partial charge in [0.15, 0.2) is 0 Å². The molecule has 0 aromatic heterocycles. The van der Waals surface area contributed by atoms with Gasteiger partial charge in [-0.3, -0.25) is 28.0 Å². The lowest BCUT2D eigenvalue weighted by atomic mass is 10.9. The predicted octanol–water partition coefficient (Wildman–Crippen LogP) is -2.28. The van der Waals surface area contributed by atoms with Gasteiger partial charge in [-0.2, -0.15) is 0 Å². The summed E-state index contributed by atoms with van der Waals surface area (Å²) in [5.74, 6) is 0. The summed E-state index contributed by atoms with van der Waals surface area (Å²) in [6.07, 6.45) is -0.883. The Kier molecular flexibility index (Phi) is 6.31. The van der Waals surface area contributed by atoms with E-state index >= 15 is 0 Å². The summed E-state index contributed by atoms with van der Waals surface area (Å²) < 4.78 is 44.1. The van der Waals surface area contributed by atoms with Gasteiger partial charge in [0.1, 0.15) is 0 Å². The smallest absolute Gasteiger partial charge is 0.323 e. The van der Waals surface area contributed by atoms with Crippen molar-refractivity contribution in [2.75, 3.05) is 0 Å². The maximum absolute atomic E-state index is 11.0.